The molecule has 0 fully saturated rings. The lowest BCUT2D eigenvalue weighted by molar-refractivity contribution is 0.623. The van der Waals surface area contributed by atoms with Gasteiger partial charge in [0.25, 0.3) is 0 Å². The van der Waals surface area contributed by atoms with Crippen molar-refractivity contribution < 1.29 is 4.39 Å². The number of anilines is 1. The van der Waals surface area contributed by atoms with Crippen LogP contribution in [-0.4, -0.2) is 27.1 Å². The summed E-state index contributed by atoms with van der Waals surface area (Å²) in [4.78, 5) is 5.94. The molecule has 0 spiro atoms. The van der Waals surface area contributed by atoms with Gasteiger partial charge in [-0.2, -0.15) is 0 Å². The third-order valence-electron chi connectivity index (χ3n) is 3.48. The molecule has 2 aromatic carbocycles. The lowest BCUT2D eigenvalue weighted by atomic mass is 10.2. The van der Waals surface area contributed by atoms with Gasteiger partial charge in [-0.15, -0.1) is 0 Å². The first kappa shape index (κ1) is 16.8. The molecule has 0 aliphatic rings. The van der Waals surface area contributed by atoms with Crippen LogP contribution in [0.3, 0.4) is 0 Å². The summed E-state index contributed by atoms with van der Waals surface area (Å²) in [5.41, 5.74) is 2.63. The van der Waals surface area contributed by atoms with Crippen LogP contribution >= 0.6 is 0 Å². The third-order valence-corrected chi connectivity index (χ3v) is 3.48. The third kappa shape index (κ3) is 4.98. The minimum atomic E-state index is -0.221. The summed E-state index contributed by atoms with van der Waals surface area (Å²) >= 11 is 0. The molecule has 0 atom stereocenters. The van der Waals surface area contributed by atoms with E-state index in [0.29, 0.717) is 24.7 Å². The van der Waals surface area contributed by atoms with Gasteiger partial charge < -0.3 is 15.5 Å². The quantitative estimate of drug-likeness (QED) is 0.658. The standard InChI is InChI=1S/C18H23FN4/c1-20-18(21-12-14-7-5-4-6-8-14)22-13-15-9-10-17(23(2)3)16(19)11-15/h4-11H,12-13H2,1-3H3,(H2,20,21,22). The summed E-state index contributed by atoms with van der Waals surface area (Å²) in [5.74, 6) is 0.465. The molecule has 2 rings (SSSR count). The van der Waals surface area contributed by atoms with E-state index < -0.39 is 0 Å². The summed E-state index contributed by atoms with van der Waals surface area (Å²) in [5, 5.41) is 6.43. The number of aliphatic imine (C=N–C) groups is 1. The highest BCUT2D eigenvalue weighted by Gasteiger charge is 2.06. The Bertz CT molecular complexity index is 653. The molecule has 4 nitrogen and oxygen atoms in total. The van der Waals surface area contributed by atoms with Crippen LogP contribution in [0.1, 0.15) is 11.1 Å². The fourth-order valence-electron chi connectivity index (χ4n) is 2.21. The summed E-state index contributed by atoms with van der Waals surface area (Å²) in [6.07, 6.45) is 0. The van der Waals surface area contributed by atoms with Gasteiger partial charge in [0.1, 0.15) is 5.82 Å². The maximum absolute atomic E-state index is 14.0. The van der Waals surface area contributed by atoms with Gasteiger partial charge in [0.15, 0.2) is 5.96 Å². The molecule has 122 valence electrons. The van der Waals surface area contributed by atoms with E-state index in [1.807, 2.05) is 38.4 Å². The van der Waals surface area contributed by atoms with E-state index in [1.54, 1.807) is 24.1 Å². The summed E-state index contributed by atoms with van der Waals surface area (Å²) in [6.45, 7) is 1.20. The van der Waals surface area contributed by atoms with Gasteiger partial charge in [0, 0.05) is 34.2 Å². The summed E-state index contributed by atoms with van der Waals surface area (Å²) in [7, 11) is 5.37. The Balaban J connectivity index is 1.89. The molecular formula is C18H23FN4. The molecule has 0 saturated carbocycles. The fourth-order valence-corrected chi connectivity index (χ4v) is 2.21. The van der Waals surface area contributed by atoms with Crippen LogP contribution in [0, 0.1) is 5.82 Å². The van der Waals surface area contributed by atoms with E-state index in [9.17, 15) is 4.39 Å². The van der Waals surface area contributed by atoms with Crippen molar-refractivity contribution in [1.29, 1.82) is 0 Å². The number of hydrogen-bond acceptors (Lipinski definition) is 2. The number of hydrogen-bond donors (Lipinski definition) is 2. The van der Waals surface area contributed by atoms with E-state index in [4.69, 9.17) is 0 Å². The van der Waals surface area contributed by atoms with E-state index in [-0.39, 0.29) is 5.82 Å². The van der Waals surface area contributed by atoms with Crippen LogP contribution in [0.4, 0.5) is 10.1 Å². The number of halogens is 1. The zero-order chi connectivity index (χ0) is 16.7. The first-order chi connectivity index (χ1) is 11.1. The number of benzene rings is 2. The van der Waals surface area contributed by atoms with Gasteiger partial charge in [0.2, 0.25) is 0 Å². The molecule has 0 aliphatic heterocycles. The maximum Gasteiger partial charge on any atom is 0.191 e. The Hall–Kier alpha value is -2.56. The second-order valence-electron chi connectivity index (χ2n) is 5.45. The molecule has 5 heteroatoms. The zero-order valence-corrected chi connectivity index (χ0v) is 13.8. The van der Waals surface area contributed by atoms with Crippen molar-refractivity contribution in [3.63, 3.8) is 0 Å². The Morgan fingerprint density at radius 1 is 1.00 bits per heavy atom. The van der Waals surface area contributed by atoms with E-state index in [0.717, 1.165) is 5.56 Å². The van der Waals surface area contributed by atoms with E-state index in [2.05, 4.69) is 27.8 Å². The first-order valence-electron chi connectivity index (χ1n) is 7.54. The number of guanidine groups is 1. The van der Waals surface area contributed by atoms with Crippen LogP contribution in [0.25, 0.3) is 0 Å². The Morgan fingerprint density at radius 2 is 1.65 bits per heavy atom. The van der Waals surface area contributed by atoms with Gasteiger partial charge >= 0.3 is 0 Å². The molecule has 0 radical (unpaired) electrons. The van der Waals surface area contributed by atoms with Crippen LogP contribution in [0.2, 0.25) is 0 Å². The van der Waals surface area contributed by atoms with Crippen molar-refractivity contribution >= 4 is 11.6 Å². The normalized spacial score (nSPS) is 11.2. The Morgan fingerprint density at radius 3 is 2.22 bits per heavy atom. The van der Waals surface area contributed by atoms with Gasteiger partial charge in [-0.05, 0) is 23.3 Å². The molecule has 0 aromatic heterocycles. The first-order valence-corrected chi connectivity index (χ1v) is 7.54. The lowest BCUT2D eigenvalue weighted by Crippen LogP contribution is -2.36. The molecule has 0 saturated heterocycles. The van der Waals surface area contributed by atoms with Crippen molar-refractivity contribution in [2.45, 2.75) is 13.1 Å². The highest BCUT2D eigenvalue weighted by atomic mass is 19.1. The van der Waals surface area contributed by atoms with Crippen LogP contribution in [-0.2, 0) is 13.1 Å². The number of rotatable bonds is 5. The van der Waals surface area contributed by atoms with E-state index in [1.165, 1.54) is 5.56 Å². The topological polar surface area (TPSA) is 39.7 Å². The highest BCUT2D eigenvalue weighted by Crippen LogP contribution is 2.18. The van der Waals surface area contributed by atoms with Gasteiger partial charge in [-0.25, -0.2) is 4.39 Å². The molecule has 2 N–H and O–H groups in total. The minimum absolute atomic E-state index is 0.221. The number of nitrogens with zero attached hydrogens (tertiary/aromatic N) is 2. The summed E-state index contributed by atoms with van der Waals surface area (Å²) in [6, 6.07) is 15.3. The second-order valence-corrected chi connectivity index (χ2v) is 5.45. The van der Waals surface area contributed by atoms with Gasteiger partial charge in [-0.1, -0.05) is 36.4 Å². The van der Waals surface area contributed by atoms with Gasteiger partial charge in [0.05, 0.1) is 5.69 Å². The molecule has 23 heavy (non-hydrogen) atoms. The predicted molar refractivity (Wildman–Crippen MR) is 94.2 cm³/mol. The zero-order valence-electron chi connectivity index (χ0n) is 13.8. The second kappa shape index (κ2) is 8.17. The molecule has 0 aliphatic carbocycles. The van der Waals surface area contributed by atoms with Crippen LogP contribution in [0.15, 0.2) is 53.5 Å². The van der Waals surface area contributed by atoms with Crippen molar-refractivity contribution in [3.8, 4) is 0 Å². The maximum atomic E-state index is 14.0. The Labute approximate surface area is 137 Å². The molecular weight excluding hydrogens is 291 g/mol. The number of nitrogens with one attached hydrogen (secondary N) is 2. The molecule has 0 unspecified atom stereocenters. The fraction of sp³-hybridized carbons (Fsp3) is 0.278. The smallest absolute Gasteiger partial charge is 0.191 e. The average Bonchev–Trinajstić information content (AvgIpc) is 2.55. The minimum Gasteiger partial charge on any atom is -0.375 e. The molecule has 0 heterocycles. The average molecular weight is 314 g/mol. The SMILES string of the molecule is CN=C(NCc1ccccc1)NCc1ccc(N(C)C)c(F)c1. The van der Waals surface area contributed by atoms with E-state index >= 15 is 0 Å². The molecule has 0 amide bonds. The molecule has 0 bridgehead atoms. The molecule has 2 aromatic rings. The largest absolute Gasteiger partial charge is 0.375 e. The van der Waals surface area contributed by atoms with Crippen LogP contribution in [0.5, 0.6) is 0 Å². The highest BCUT2D eigenvalue weighted by molar-refractivity contribution is 5.79. The van der Waals surface area contributed by atoms with Crippen LogP contribution < -0.4 is 15.5 Å². The monoisotopic (exact) mass is 314 g/mol. The van der Waals surface area contributed by atoms with Crippen molar-refractivity contribution in [3.05, 3.63) is 65.5 Å². The van der Waals surface area contributed by atoms with Gasteiger partial charge in [-0.3, -0.25) is 4.99 Å². The van der Waals surface area contributed by atoms with Crippen molar-refractivity contribution in [2.24, 2.45) is 4.99 Å². The Kier molecular flexibility index (Phi) is 5.97. The van der Waals surface area contributed by atoms with Crippen molar-refractivity contribution in [1.82, 2.24) is 10.6 Å². The predicted octanol–water partition coefficient (Wildman–Crippen LogP) is 2.76. The summed E-state index contributed by atoms with van der Waals surface area (Å²) < 4.78 is 14.0. The lowest BCUT2D eigenvalue weighted by Gasteiger charge is -2.15. The van der Waals surface area contributed by atoms with Crippen molar-refractivity contribution in [2.75, 3.05) is 26.0 Å².